The Balaban J connectivity index is 2.52. The first-order chi connectivity index (χ1) is 6.68. The van der Waals surface area contributed by atoms with Gasteiger partial charge in [0.25, 0.3) is 5.56 Å². The molecule has 1 saturated carbocycles. The molecule has 1 aromatic rings. The number of H-pyrrole nitrogens is 1. The van der Waals surface area contributed by atoms with Gasteiger partial charge in [0.1, 0.15) is 5.15 Å². The Morgan fingerprint density at radius 2 is 2.00 bits per heavy atom. The first-order valence-corrected chi connectivity index (χ1v) is 5.07. The van der Waals surface area contributed by atoms with Gasteiger partial charge in [0.05, 0.1) is 0 Å². The van der Waals surface area contributed by atoms with E-state index >= 15 is 0 Å². The SMILES string of the molecule is O=c1cc(Cl)[nH]c(=O)n1C1CCCC1. The van der Waals surface area contributed by atoms with Crippen molar-refractivity contribution >= 4 is 11.6 Å². The molecule has 1 aromatic heterocycles. The van der Waals surface area contributed by atoms with Crippen LogP contribution in [0.25, 0.3) is 0 Å². The molecule has 2 rings (SSSR count). The second kappa shape index (κ2) is 3.61. The van der Waals surface area contributed by atoms with Gasteiger partial charge < -0.3 is 0 Å². The van der Waals surface area contributed by atoms with E-state index in [1.165, 1.54) is 10.6 Å². The lowest BCUT2D eigenvalue weighted by molar-refractivity contribution is 0.479. The van der Waals surface area contributed by atoms with Gasteiger partial charge in [-0.3, -0.25) is 14.3 Å². The minimum absolute atomic E-state index is 0.0588. The van der Waals surface area contributed by atoms with Crippen molar-refractivity contribution in [1.29, 1.82) is 0 Å². The average Bonchev–Trinajstić information content (AvgIpc) is 2.54. The van der Waals surface area contributed by atoms with Crippen LogP contribution in [0.2, 0.25) is 5.15 Å². The van der Waals surface area contributed by atoms with Crippen molar-refractivity contribution < 1.29 is 0 Å². The summed E-state index contributed by atoms with van der Waals surface area (Å²) in [7, 11) is 0. The summed E-state index contributed by atoms with van der Waals surface area (Å²) in [5, 5.41) is 0.106. The van der Waals surface area contributed by atoms with Gasteiger partial charge in [0.2, 0.25) is 0 Å². The van der Waals surface area contributed by atoms with E-state index in [0.717, 1.165) is 25.7 Å². The summed E-state index contributed by atoms with van der Waals surface area (Å²) in [5.74, 6) is 0. The maximum Gasteiger partial charge on any atom is 0.329 e. The van der Waals surface area contributed by atoms with Crippen LogP contribution in [0.4, 0.5) is 0 Å². The molecule has 0 aromatic carbocycles. The van der Waals surface area contributed by atoms with Crippen molar-refractivity contribution in [3.8, 4) is 0 Å². The topological polar surface area (TPSA) is 54.9 Å². The van der Waals surface area contributed by atoms with Crippen LogP contribution >= 0.6 is 11.6 Å². The van der Waals surface area contributed by atoms with Crippen molar-refractivity contribution in [1.82, 2.24) is 9.55 Å². The number of aromatic amines is 1. The lowest BCUT2D eigenvalue weighted by atomic mass is 10.2. The standard InChI is InChI=1S/C9H11ClN2O2/c10-7-5-8(13)12(9(14)11-7)6-3-1-2-4-6/h5-6H,1-4H2,(H,11,14). The summed E-state index contributed by atoms with van der Waals surface area (Å²) >= 11 is 5.56. The smallest absolute Gasteiger partial charge is 0.298 e. The van der Waals surface area contributed by atoms with Crippen LogP contribution in [0, 0.1) is 0 Å². The summed E-state index contributed by atoms with van der Waals surface area (Å²) < 4.78 is 1.28. The molecule has 1 aliphatic rings. The molecule has 76 valence electrons. The van der Waals surface area contributed by atoms with Gasteiger partial charge in [0, 0.05) is 12.1 Å². The van der Waals surface area contributed by atoms with E-state index in [1.807, 2.05) is 0 Å². The van der Waals surface area contributed by atoms with Crippen molar-refractivity contribution in [3.63, 3.8) is 0 Å². The van der Waals surface area contributed by atoms with Crippen LogP contribution in [0.5, 0.6) is 0 Å². The number of nitrogens with one attached hydrogen (secondary N) is 1. The van der Waals surface area contributed by atoms with E-state index in [4.69, 9.17) is 11.6 Å². The molecule has 0 bridgehead atoms. The van der Waals surface area contributed by atoms with Gasteiger partial charge >= 0.3 is 5.69 Å². The summed E-state index contributed by atoms with van der Waals surface area (Å²) in [6.45, 7) is 0. The number of hydrogen-bond acceptors (Lipinski definition) is 2. The lowest BCUT2D eigenvalue weighted by Crippen LogP contribution is -2.36. The summed E-state index contributed by atoms with van der Waals surface area (Å²) in [6, 6.07) is 1.31. The third kappa shape index (κ3) is 1.62. The Morgan fingerprint density at radius 1 is 1.36 bits per heavy atom. The average molecular weight is 215 g/mol. The number of nitrogens with zero attached hydrogens (tertiary/aromatic N) is 1. The molecule has 0 saturated heterocycles. The minimum atomic E-state index is -0.394. The van der Waals surface area contributed by atoms with Crippen molar-refractivity contribution in [3.05, 3.63) is 32.1 Å². The Kier molecular flexibility index (Phi) is 2.46. The van der Waals surface area contributed by atoms with Gasteiger partial charge in [-0.15, -0.1) is 0 Å². The predicted molar refractivity (Wildman–Crippen MR) is 53.8 cm³/mol. The highest BCUT2D eigenvalue weighted by Gasteiger charge is 2.19. The van der Waals surface area contributed by atoms with E-state index in [2.05, 4.69) is 4.98 Å². The molecule has 0 aliphatic heterocycles. The van der Waals surface area contributed by atoms with Crippen LogP contribution in [0.3, 0.4) is 0 Å². The monoisotopic (exact) mass is 214 g/mol. The molecule has 0 spiro atoms. The van der Waals surface area contributed by atoms with Crippen LogP contribution < -0.4 is 11.2 Å². The van der Waals surface area contributed by atoms with Crippen LogP contribution in [0.1, 0.15) is 31.7 Å². The van der Waals surface area contributed by atoms with E-state index < -0.39 is 5.69 Å². The fourth-order valence-electron chi connectivity index (χ4n) is 1.98. The van der Waals surface area contributed by atoms with Crippen LogP contribution in [0.15, 0.2) is 15.7 Å². The Morgan fingerprint density at radius 3 is 2.57 bits per heavy atom. The zero-order valence-electron chi connectivity index (χ0n) is 7.62. The molecular weight excluding hydrogens is 204 g/mol. The maximum absolute atomic E-state index is 11.5. The second-order valence-electron chi connectivity index (χ2n) is 3.57. The molecular formula is C9H11ClN2O2. The normalized spacial score (nSPS) is 17.5. The summed E-state index contributed by atoms with van der Waals surface area (Å²) in [5.41, 5.74) is -0.694. The molecule has 1 aliphatic carbocycles. The third-order valence-corrected chi connectivity index (χ3v) is 2.83. The zero-order chi connectivity index (χ0) is 10.1. The van der Waals surface area contributed by atoms with Gasteiger partial charge in [0.15, 0.2) is 0 Å². The molecule has 0 unspecified atom stereocenters. The minimum Gasteiger partial charge on any atom is -0.298 e. The van der Waals surface area contributed by atoms with E-state index in [1.54, 1.807) is 0 Å². The Bertz CT molecular complexity index is 412. The summed E-state index contributed by atoms with van der Waals surface area (Å²) in [6.07, 6.45) is 3.98. The summed E-state index contributed by atoms with van der Waals surface area (Å²) in [4.78, 5) is 25.4. The van der Waals surface area contributed by atoms with Gasteiger partial charge in [-0.05, 0) is 12.8 Å². The fraction of sp³-hybridized carbons (Fsp3) is 0.556. The van der Waals surface area contributed by atoms with E-state index in [9.17, 15) is 9.59 Å². The highest BCUT2D eigenvalue weighted by Crippen LogP contribution is 2.26. The molecule has 1 heterocycles. The molecule has 5 heteroatoms. The van der Waals surface area contributed by atoms with Crippen LogP contribution in [-0.4, -0.2) is 9.55 Å². The Hall–Kier alpha value is -1.03. The van der Waals surface area contributed by atoms with E-state index in [-0.39, 0.29) is 16.8 Å². The Labute approximate surface area is 85.5 Å². The molecule has 1 N–H and O–H groups in total. The maximum atomic E-state index is 11.5. The largest absolute Gasteiger partial charge is 0.329 e. The first-order valence-electron chi connectivity index (χ1n) is 4.70. The highest BCUT2D eigenvalue weighted by molar-refractivity contribution is 6.29. The number of rotatable bonds is 1. The third-order valence-electron chi connectivity index (χ3n) is 2.62. The molecule has 1 fully saturated rings. The predicted octanol–water partition coefficient (Wildman–Crippen LogP) is 1.31. The molecule has 0 atom stereocenters. The molecule has 4 nitrogen and oxygen atoms in total. The van der Waals surface area contributed by atoms with Gasteiger partial charge in [-0.25, -0.2) is 4.79 Å². The number of hydrogen-bond donors (Lipinski definition) is 1. The van der Waals surface area contributed by atoms with Crippen molar-refractivity contribution in [2.45, 2.75) is 31.7 Å². The first kappa shape index (κ1) is 9.52. The molecule has 14 heavy (non-hydrogen) atoms. The zero-order valence-corrected chi connectivity index (χ0v) is 8.38. The van der Waals surface area contributed by atoms with E-state index in [0.29, 0.717) is 0 Å². The molecule has 0 amide bonds. The highest BCUT2D eigenvalue weighted by atomic mass is 35.5. The van der Waals surface area contributed by atoms with Gasteiger partial charge in [-0.2, -0.15) is 0 Å². The number of halogens is 1. The van der Waals surface area contributed by atoms with Crippen molar-refractivity contribution in [2.75, 3.05) is 0 Å². The quantitative estimate of drug-likeness (QED) is 0.717. The number of aromatic nitrogens is 2. The van der Waals surface area contributed by atoms with Gasteiger partial charge in [-0.1, -0.05) is 24.4 Å². The van der Waals surface area contributed by atoms with Crippen molar-refractivity contribution in [2.24, 2.45) is 0 Å². The molecule has 0 radical (unpaired) electrons. The fourth-order valence-corrected chi connectivity index (χ4v) is 2.16. The lowest BCUT2D eigenvalue weighted by Gasteiger charge is -2.10. The second-order valence-corrected chi connectivity index (χ2v) is 3.98. The van der Waals surface area contributed by atoms with Crippen LogP contribution in [-0.2, 0) is 0 Å².